The molecule has 1 aromatic rings. The molecule has 116 valence electrons. The molecule has 0 aromatic heterocycles. The largest absolute Gasteiger partial charge is 0.348 e. The summed E-state index contributed by atoms with van der Waals surface area (Å²) in [6.45, 7) is 6.53. The van der Waals surface area contributed by atoms with Crippen LogP contribution in [0.25, 0.3) is 0 Å². The van der Waals surface area contributed by atoms with Gasteiger partial charge in [-0.15, -0.1) is 0 Å². The standard InChI is InChI=1S/C17H27N3S/c1-3-4-6-15-7-9-16(10-8-15)18-17(21)20-12-5-11-19(2)13-14-20/h7-10H,3-6,11-14H2,1-2H3,(H,18,21). The van der Waals surface area contributed by atoms with E-state index in [0.717, 1.165) is 37.0 Å². The smallest absolute Gasteiger partial charge is 0.173 e. The molecule has 0 saturated carbocycles. The average molecular weight is 305 g/mol. The van der Waals surface area contributed by atoms with Crippen molar-refractivity contribution >= 4 is 23.0 Å². The number of unbranched alkanes of at least 4 members (excludes halogenated alkanes) is 1. The van der Waals surface area contributed by atoms with Gasteiger partial charge >= 0.3 is 0 Å². The molecular formula is C17H27N3S. The van der Waals surface area contributed by atoms with Crippen LogP contribution in [-0.2, 0) is 6.42 Å². The van der Waals surface area contributed by atoms with E-state index >= 15 is 0 Å². The number of hydrogen-bond acceptors (Lipinski definition) is 2. The Morgan fingerprint density at radius 3 is 2.62 bits per heavy atom. The highest BCUT2D eigenvalue weighted by Gasteiger charge is 2.14. The SMILES string of the molecule is CCCCc1ccc(NC(=S)N2CCCN(C)CC2)cc1. The van der Waals surface area contributed by atoms with Crippen molar-refractivity contribution in [1.82, 2.24) is 9.80 Å². The highest BCUT2D eigenvalue weighted by Crippen LogP contribution is 2.13. The lowest BCUT2D eigenvalue weighted by Gasteiger charge is -2.24. The minimum absolute atomic E-state index is 0.853. The van der Waals surface area contributed by atoms with Crippen molar-refractivity contribution < 1.29 is 0 Å². The number of hydrogen-bond donors (Lipinski definition) is 1. The summed E-state index contributed by atoms with van der Waals surface area (Å²) in [7, 11) is 2.18. The Morgan fingerprint density at radius 1 is 1.14 bits per heavy atom. The van der Waals surface area contributed by atoms with Crippen LogP contribution >= 0.6 is 12.2 Å². The number of anilines is 1. The van der Waals surface area contributed by atoms with Crippen LogP contribution in [0.2, 0.25) is 0 Å². The highest BCUT2D eigenvalue weighted by molar-refractivity contribution is 7.80. The molecule has 0 amide bonds. The first kappa shape index (κ1) is 16.2. The first-order valence-electron chi connectivity index (χ1n) is 8.02. The number of thiocarbonyl (C=S) groups is 1. The van der Waals surface area contributed by atoms with Crippen LogP contribution in [0.4, 0.5) is 5.69 Å². The van der Waals surface area contributed by atoms with Gasteiger partial charge in [0.05, 0.1) is 0 Å². The van der Waals surface area contributed by atoms with Gasteiger partial charge in [0.2, 0.25) is 0 Å². The molecule has 0 unspecified atom stereocenters. The van der Waals surface area contributed by atoms with Gasteiger partial charge in [0.15, 0.2) is 5.11 Å². The van der Waals surface area contributed by atoms with Crippen molar-refractivity contribution in [2.45, 2.75) is 32.6 Å². The molecule has 4 heteroatoms. The van der Waals surface area contributed by atoms with Crippen molar-refractivity contribution in [1.29, 1.82) is 0 Å². The quantitative estimate of drug-likeness (QED) is 0.859. The van der Waals surface area contributed by atoms with E-state index in [-0.39, 0.29) is 0 Å². The third-order valence-electron chi connectivity index (χ3n) is 4.03. The summed E-state index contributed by atoms with van der Waals surface area (Å²) >= 11 is 5.55. The number of benzene rings is 1. The number of nitrogens with zero attached hydrogens (tertiary/aromatic N) is 2. The summed E-state index contributed by atoms with van der Waals surface area (Å²) in [5.41, 5.74) is 2.50. The molecule has 21 heavy (non-hydrogen) atoms. The third-order valence-corrected chi connectivity index (χ3v) is 4.39. The van der Waals surface area contributed by atoms with Crippen LogP contribution in [0.1, 0.15) is 31.7 Å². The Bertz CT molecular complexity index is 444. The van der Waals surface area contributed by atoms with Crippen molar-refractivity contribution in [2.24, 2.45) is 0 Å². The molecular weight excluding hydrogens is 278 g/mol. The maximum absolute atomic E-state index is 5.55. The normalized spacial score (nSPS) is 16.6. The maximum Gasteiger partial charge on any atom is 0.173 e. The van der Waals surface area contributed by atoms with Gasteiger partial charge < -0.3 is 15.1 Å². The van der Waals surface area contributed by atoms with Gasteiger partial charge in [0.25, 0.3) is 0 Å². The Hall–Kier alpha value is -1.13. The fourth-order valence-corrected chi connectivity index (χ4v) is 2.89. The van der Waals surface area contributed by atoms with Gasteiger partial charge in [-0.2, -0.15) is 0 Å². The highest BCUT2D eigenvalue weighted by atomic mass is 32.1. The molecule has 0 spiro atoms. The molecule has 1 aliphatic rings. The van der Waals surface area contributed by atoms with E-state index in [4.69, 9.17) is 12.2 Å². The summed E-state index contributed by atoms with van der Waals surface area (Å²) in [4.78, 5) is 4.65. The molecule has 1 heterocycles. The second kappa shape index (κ2) is 8.35. The molecule has 0 radical (unpaired) electrons. The zero-order valence-corrected chi connectivity index (χ0v) is 14.1. The van der Waals surface area contributed by atoms with Crippen LogP contribution in [0.5, 0.6) is 0 Å². The van der Waals surface area contributed by atoms with E-state index in [9.17, 15) is 0 Å². The Balaban J connectivity index is 1.86. The third kappa shape index (κ3) is 5.29. The summed E-state index contributed by atoms with van der Waals surface area (Å²) in [5.74, 6) is 0. The molecule has 2 rings (SSSR count). The van der Waals surface area contributed by atoms with Crippen LogP contribution in [0, 0.1) is 0 Å². The molecule has 1 fully saturated rings. The van der Waals surface area contributed by atoms with Gasteiger partial charge in [-0.05, 0) is 62.8 Å². The van der Waals surface area contributed by atoms with E-state index in [1.54, 1.807) is 0 Å². The molecule has 3 nitrogen and oxygen atoms in total. The molecule has 0 aliphatic carbocycles. The number of aryl methyl sites for hydroxylation is 1. The van der Waals surface area contributed by atoms with E-state index in [1.165, 1.54) is 31.2 Å². The minimum atomic E-state index is 0.853. The second-order valence-corrected chi connectivity index (χ2v) is 6.26. The van der Waals surface area contributed by atoms with Crippen LogP contribution < -0.4 is 5.32 Å². The first-order valence-corrected chi connectivity index (χ1v) is 8.43. The molecule has 1 N–H and O–H groups in total. The lowest BCUT2D eigenvalue weighted by atomic mass is 10.1. The Morgan fingerprint density at radius 2 is 1.90 bits per heavy atom. The zero-order chi connectivity index (χ0) is 15.1. The summed E-state index contributed by atoms with van der Waals surface area (Å²) < 4.78 is 0. The lowest BCUT2D eigenvalue weighted by Crippen LogP contribution is -2.37. The lowest BCUT2D eigenvalue weighted by molar-refractivity contribution is 0.347. The predicted octanol–water partition coefficient (Wildman–Crippen LogP) is 3.36. The van der Waals surface area contributed by atoms with Crippen molar-refractivity contribution in [2.75, 3.05) is 38.5 Å². The van der Waals surface area contributed by atoms with Crippen molar-refractivity contribution in [3.63, 3.8) is 0 Å². The number of nitrogens with one attached hydrogen (secondary N) is 1. The number of rotatable bonds is 4. The fraction of sp³-hybridized carbons (Fsp3) is 0.588. The van der Waals surface area contributed by atoms with Gasteiger partial charge in [-0.25, -0.2) is 0 Å². The zero-order valence-electron chi connectivity index (χ0n) is 13.3. The van der Waals surface area contributed by atoms with E-state index in [2.05, 4.69) is 53.4 Å². The van der Waals surface area contributed by atoms with E-state index < -0.39 is 0 Å². The summed E-state index contributed by atoms with van der Waals surface area (Å²) in [5, 5.41) is 4.23. The van der Waals surface area contributed by atoms with Crippen LogP contribution in [-0.4, -0.2) is 48.1 Å². The second-order valence-electron chi connectivity index (χ2n) is 5.87. The Labute approximate surface area is 134 Å². The number of likely N-dealkylation sites (N-methyl/N-ethyl adjacent to an activating group) is 1. The minimum Gasteiger partial charge on any atom is -0.348 e. The summed E-state index contributed by atoms with van der Waals surface area (Å²) in [6.07, 6.45) is 4.84. The van der Waals surface area contributed by atoms with Gasteiger partial charge in [0.1, 0.15) is 0 Å². The monoisotopic (exact) mass is 305 g/mol. The van der Waals surface area contributed by atoms with Crippen LogP contribution in [0.3, 0.4) is 0 Å². The molecule has 0 bridgehead atoms. The van der Waals surface area contributed by atoms with E-state index in [1.807, 2.05) is 0 Å². The van der Waals surface area contributed by atoms with E-state index in [0.29, 0.717) is 0 Å². The molecule has 0 atom stereocenters. The Kier molecular flexibility index (Phi) is 6.46. The first-order chi connectivity index (χ1) is 10.2. The van der Waals surface area contributed by atoms with Crippen molar-refractivity contribution in [3.8, 4) is 0 Å². The summed E-state index contributed by atoms with van der Waals surface area (Å²) in [6, 6.07) is 8.69. The van der Waals surface area contributed by atoms with Crippen LogP contribution in [0.15, 0.2) is 24.3 Å². The topological polar surface area (TPSA) is 18.5 Å². The predicted molar refractivity (Wildman–Crippen MR) is 95.0 cm³/mol. The maximum atomic E-state index is 5.55. The average Bonchev–Trinajstić information content (AvgIpc) is 2.71. The van der Waals surface area contributed by atoms with Gasteiger partial charge in [0, 0.05) is 25.3 Å². The fourth-order valence-electron chi connectivity index (χ4n) is 2.59. The van der Waals surface area contributed by atoms with Gasteiger partial charge in [-0.3, -0.25) is 0 Å². The molecule has 1 saturated heterocycles. The molecule has 1 aliphatic heterocycles. The van der Waals surface area contributed by atoms with Gasteiger partial charge in [-0.1, -0.05) is 25.5 Å². The van der Waals surface area contributed by atoms with Crippen molar-refractivity contribution in [3.05, 3.63) is 29.8 Å². The molecule has 1 aromatic carbocycles.